The van der Waals surface area contributed by atoms with Crippen molar-refractivity contribution in [2.45, 2.75) is 16.9 Å². The molecule has 2 aliphatic heterocycles. The van der Waals surface area contributed by atoms with Crippen LogP contribution in [0.15, 0.2) is 47.4 Å². The predicted octanol–water partition coefficient (Wildman–Crippen LogP) is 1.65. The standard InChI is InChI=1S/C16H12N2O5S/c19-15-9-3-1-2-4-11(9)17-14(15)13-10-7-8(24(21,22)23)5-6-12(10)18-16(13)20/h1-7,13-14,17H,(H,18,20)(H,21,22,23). The van der Waals surface area contributed by atoms with Gasteiger partial charge >= 0.3 is 0 Å². The SMILES string of the molecule is O=C1c2ccccc2NC1C1C(=O)Nc2ccc(S(=O)(=O)O)cc21. The van der Waals surface area contributed by atoms with Gasteiger partial charge in [-0.2, -0.15) is 8.42 Å². The monoisotopic (exact) mass is 344 g/mol. The molecule has 2 aromatic carbocycles. The summed E-state index contributed by atoms with van der Waals surface area (Å²) in [5.41, 5.74) is 1.94. The second-order valence-corrected chi connectivity index (χ2v) is 7.14. The zero-order valence-corrected chi connectivity index (χ0v) is 13.0. The van der Waals surface area contributed by atoms with Crippen molar-refractivity contribution in [3.8, 4) is 0 Å². The van der Waals surface area contributed by atoms with Crippen LogP contribution in [0, 0.1) is 0 Å². The molecule has 0 fully saturated rings. The van der Waals surface area contributed by atoms with Crippen molar-refractivity contribution in [3.63, 3.8) is 0 Å². The second-order valence-electron chi connectivity index (χ2n) is 5.72. The molecule has 0 saturated carbocycles. The Balaban J connectivity index is 1.79. The highest BCUT2D eigenvalue weighted by Gasteiger charge is 2.44. The van der Waals surface area contributed by atoms with E-state index in [0.717, 1.165) is 0 Å². The summed E-state index contributed by atoms with van der Waals surface area (Å²) in [6.45, 7) is 0. The zero-order chi connectivity index (χ0) is 17.1. The number of carbonyl (C=O) groups excluding carboxylic acids is 2. The van der Waals surface area contributed by atoms with Crippen molar-refractivity contribution in [3.05, 3.63) is 53.6 Å². The fourth-order valence-electron chi connectivity index (χ4n) is 3.21. The minimum Gasteiger partial charge on any atom is -0.373 e. The molecule has 0 saturated heterocycles. The lowest BCUT2D eigenvalue weighted by Crippen LogP contribution is -2.34. The zero-order valence-electron chi connectivity index (χ0n) is 12.2. The average molecular weight is 344 g/mol. The van der Waals surface area contributed by atoms with E-state index in [4.69, 9.17) is 0 Å². The predicted molar refractivity (Wildman–Crippen MR) is 85.8 cm³/mol. The van der Waals surface area contributed by atoms with Gasteiger partial charge in [0.25, 0.3) is 10.1 Å². The van der Waals surface area contributed by atoms with Gasteiger partial charge in [-0.1, -0.05) is 12.1 Å². The Kier molecular flexibility index (Phi) is 3.03. The molecule has 0 radical (unpaired) electrons. The van der Waals surface area contributed by atoms with Crippen LogP contribution in [0.2, 0.25) is 0 Å². The molecular formula is C16H12N2O5S. The largest absolute Gasteiger partial charge is 0.373 e. The smallest absolute Gasteiger partial charge is 0.294 e. The molecular weight excluding hydrogens is 332 g/mol. The number of ketones is 1. The number of nitrogens with one attached hydrogen (secondary N) is 2. The topological polar surface area (TPSA) is 113 Å². The van der Waals surface area contributed by atoms with E-state index in [1.165, 1.54) is 18.2 Å². The van der Waals surface area contributed by atoms with Gasteiger partial charge in [-0.15, -0.1) is 0 Å². The maximum absolute atomic E-state index is 12.6. The fraction of sp³-hybridized carbons (Fsp3) is 0.125. The van der Waals surface area contributed by atoms with E-state index in [9.17, 15) is 22.6 Å². The Labute approximate surface area is 137 Å². The van der Waals surface area contributed by atoms with Crippen LogP contribution in [0.3, 0.4) is 0 Å². The summed E-state index contributed by atoms with van der Waals surface area (Å²) >= 11 is 0. The highest BCUT2D eigenvalue weighted by molar-refractivity contribution is 7.85. The normalized spacial score (nSPS) is 21.9. The van der Waals surface area contributed by atoms with Crippen LogP contribution in [0.25, 0.3) is 0 Å². The van der Waals surface area contributed by atoms with Crippen LogP contribution >= 0.6 is 0 Å². The van der Waals surface area contributed by atoms with Gasteiger partial charge in [0.15, 0.2) is 5.78 Å². The molecule has 0 aromatic heterocycles. The average Bonchev–Trinajstić information content (AvgIpc) is 3.02. The first-order valence-corrected chi connectivity index (χ1v) is 8.62. The number of hydrogen-bond acceptors (Lipinski definition) is 5. The number of anilines is 2. The van der Waals surface area contributed by atoms with Crippen LogP contribution in [-0.2, 0) is 14.9 Å². The number of hydrogen-bond donors (Lipinski definition) is 3. The molecule has 24 heavy (non-hydrogen) atoms. The van der Waals surface area contributed by atoms with Crippen molar-refractivity contribution in [1.29, 1.82) is 0 Å². The van der Waals surface area contributed by atoms with Crippen molar-refractivity contribution in [2.24, 2.45) is 0 Å². The van der Waals surface area contributed by atoms with E-state index in [1.807, 2.05) is 0 Å². The van der Waals surface area contributed by atoms with E-state index in [2.05, 4.69) is 10.6 Å². The lowest BCUT2D eigenvalue weighted by atomic mass is 9.90. The Morgan fingerprint density at radius 3 is 2.46 bits per heavy atom. The van der Waals surface area contributed by atoms with Crippen molar-refractivity contribution >= 4 is 33.2 Å². The summed E-state index contributed by atoms with van der Waals surface area (Å²) in [5, 5.41) is 5.68. The molecule has 7 nitrogen and oxygen atoms in total. The first-order chi connectivity index (χ1) is 11.4. The van der Waals surface area contributed by atoms with Crippen LogP contribution in [0.1, 0.15) is 21.8 Å². The summed E-state index contributed by atoms with van der Waals surface area (Å²) in [5.74, 6) is -1.49. The minimum atomic E-state index is -4.40. The van der Waals surface area contributed by atoms with Gasteiger partial charge in [-0.05, 0) is 35.9 Å². The van der Waals surface area contributed by atoms with Gasteiger partial charge in [-0.3, -0.25) is 14.1 Å². The van der Waals surface area contributed by atoms with E-state index >= 15 is 0 Å². The molecule has 2 aromatic rings. The molecule has 2 heterocycles. The molecule has 3 N–H and O–H groups in total. The lowest BCUT2D eigenvalue weighted by Gasteiger charge is -2.17. The molecule has 4 rings (SSSR count). The van der Waals surface area contributed by atoms with Gasteiger partial charge in [0.05, 0.1) is 10.8 Å². The number of amides is 1. The van der Waals surface area contributed by atoms with E-state index < -0.39 is 28.0 Å². The van der Waals surface area contributed by atoms with Gasteiger partial charge in [0, 0.05) is 16.9 Å². The van der Waals surface area contributed by atoms with E-state index in [-0.39, 0.29) is 10.7 Å². The van der Waals surface area contributed by atoms with Crippen LogP contribution in [0.5, 0.6) is 0 Å². The Morgan fingerprint density at radius 2 is 1.75 bits per heavy atom. The highest BCUT2D eigenvalue weighted by Crippen LogP contribution is 2.40. The molecule has 2 atom stereocenters. The number of carbonyl (C=O) groups is 2. The molecule has 2 unspecified atom stereocenters. The quantitative estimate of drug-likeness (QED) is 0.714. The number of fused-ring (bicyclic) bond motifs is 2. The van der Waals surface area contributed by atoms with Gasteiger partial charge in [0.1, 0.15) is 6.04 Å². The van der Waals surface area contributed by atoms with Crippen molar-refractivity contribution < 1.29 is 22.6 Å². The summed E-state index contributed by atoms with van der Waals surface area (Å²) in [7, 11) is -4.40. The molecule has 0 spiro atoms. The molecule has 1 amide bonds. The molecule has 0 aliphatic carbocycles. The summed E-state index contributed by atoms with van der Waals surface area (Å²) in [6.07, 6.45) is 0. The summed E-state index contributed by atoms with van der Waals surface area (Å²) in [6, 6.07) is 9.95. The number of Topliss-reactive ketones (excluding diaryl/α,β-unsaturated/α-hetero) is 1. The first kappa shape index (κ1) is 14.9. The van der Waals surface area contributed by atoms with Crippen molar-refractivity contribution in [2.75, 3.05) is 10.6 Å². The molecule has 122 valence electrons. The Morgan fingerprint density at radius 1 is 1.00 bits per heavy atom. The summed E-state index contributed by atoms with van der Waals surface area (Å²) < 4.78 is 31.9. The number of para-hydroxylation sites is 1. The lowest BCUT2D eigenvalue weighted by molar-refractivity contribution is -0.117. The van der Waals surface area contributed by atoms with Gasteiger partial charge in [0.2, 0.25) is 5.91 Å². The van der Waals surface area contributed by atoms with E-state index in [0.29, 0.717) is 22.5 Å². The Hall–Kier alpha value is -2.71. The number of rotatable bonds is 2. The summed E-state index contributed by atoms with van der Waals surface area (Å²) in [4.78, 5) is 24.7. The van der Waals surface area contributed by atoms with Crippen LogP contribution in [-0.4, -0.2) is 30.7 Å². The van der Waals surface area contributed by atoms with E-state index in [1.54, 1.807) is 24.3 Å². The van der Waals surface area contributed by atoms with Gasteiger partial charge < -0.3 is 10.6 Å². The maximum Gasteiger partial charge on any atom is 0.294 e. The third-order valence-corrected chi connectivity index (χ3v) is 5.17. The van der Waals surface area contributed by atoms with Crippen LogP contribution < -0.4 is 10.6 Å². The molecule has 8 heteroatoms. The first-order valence-electron chi connectivity index (χ1n) is 7.18. The molecule has 2 aliphatic rings. The number of benzene rings is 2. The third-order valence-electron chi connectivity index (χ3n) is 4.32. The van der Waals surface area contributed by atoms with Gasteiger partial charge in [-0.25, -0.2) is 0 Å². The Bertz CT molecular complexity index is 999. The highest BCUT2D eigenvalue weighted by atomic mass is 32.2. The third kappa shape index (κ3) is 2.11. The fourth-order valence-corrected chi connectivity index (χ4v) is 3.73. The van der Waals surface area contributed by atoms with Crippen LogP contribution in [0.4, 0.5) is 11.4 Å². The maximum atomic E-state index is 12.6. The molecule has 0 bridgehead atoms. The van der Waals surface area contributed by atoms with Crippen molar-refractivity contribution in [1.82, 2.24) is 0 Å². The minimum absolute atomic E-state index is 0.226. The second kappa shape index (κ2) is 4.89.